The highest BCUT2D eigenvalue weighted by Gasteiger charge is 2.55. The van der Waals surface area contributed by atoms with E-state index < -0.39 is 59.2 Å². The topological polar surface area (TPSA) is 120 Å². The number of benzene rings is 1. The number of nitrogens with zero attached hydrogens (tertiary/aromatic N) is 2. The Bertz CT molecular complexity index is 1020. The second-order valence-corrected chi connectivity index (χ2v) is 10.6. The summed E-state index contributed by atoms with van der Waals surface area (Å²) in [6.07, 6.45) is -0.574. The molecular formula is C25H32N2O8. The number of fused-ring (bicyclic) bond motifs is 1. The van der Waals surface area contributed by atoms with Crippen molar-refractivity contribution in [3.63, 3.8) is 0 Å². The number of rotatable bonds is 4. The lowest BCUT2D eigenvalue weighted by Crippen LogP contribution is -2.60. The molecule has 2 heterocycles. The summed E-state index contributed by atoms with van der Waals surface area (Å²) in [6.45, 7) is 9.96. The molecule has 10 nitrogen and oxygen atoms in total. The molecule has 1 aromatic rings. The fourth-order valence-electron chi connectivity index (χ4n) is 4.35. The van der Waals surface area contributed by atoms with E-state index in [0.29, 0.717) is 0 Å². The predicted octanol–water partition coefficient (Wildman–Crippen LogP) is 2.93. The highest BCUT2D eigenvalue weighted by Crippen LogP contribution is 2.35. The van der Waals surface area contributed by atoms with Gasteiger partial charge in [0.1, 0.15) is 17.2 Å². The van der Waals surface area contributed by atoms with Crippen LogP contribution in [0, 0.1) is 0 Å². The van der Waals surface area contributed by atoms with Crippen molar-refractivity contribution in [3.8, 4) is 0 Å². The smallest absolute Gasteiger partial charge is 0.411 e. The van der Waals surface area contributed by atoms with Crippen molar-refractivity contribution >= 4 is 29.8 Å². The van der Waals surface area contributed by atoms with Crippen molar-refractivity contribution in [1.29, 1.82) is 0 Å². The minimum absolute atomic E-state index is 0.135. The first kappa shape index (κ1) is 26.2. The largest absolute Gasteiger partial charge is 0.467 e. The third kappa shape index (κ3) is 5.31. The minimum atomic E-state index is -1.50. The SMILES string of the molecule is COC(=O)[C@H]1CC[C@@H]([C@H](C(=O)OC(C)(C)C)N2C(=O)c3ccccc3C2=O)N1C(=O)OC(C)(C)C. The molecule has 0 unspecified atom stereocenters. The van der Waals surface area contributed by atoms with Crippen LogP contribution in [0.4, 0.5) is 4.79 Å². The first-order valence-corrected chi connectivity index (χ1v) is 11.4. The second-order valence-electron chi connectivity index (χ2n) is 10.6. The van der Waals surface area contributed by atoms with Gasteiger partial charge in [0.25, 0.3) is 11.8 Å². The molecule has 0 N–H and O–H groups in total. The highest BCUT2D eigenvalue weighted by atomic mass is 16.6. The highest BCUT2D eigenvalue weighted by molar-refractivity contribution is 6.22. The molecule has 3 atom stereocenters. The summed E-state index contributed by atoms with van der Waals surface area (Å²) in [4.78, 5) is 67.9. The number of carbonyl (C=O) groups is 5. The van der Waals surface area contributed by atoms with Crippen LogP contribution in [-0.2, 0) is 23.8 Å². The van der Waals surface area contributed by atoms with Gasteiger partial charge in [-0.05, 0) is 66.5 Å². The lowest BCUT2D eigenvalue weighted by Gasteiger charge is -2.38. The Balaban J connectivity index is 2.10. The zero-order valence-electron chi connectivity index (χ0n) is 21.1. The van der Waals surface area contributed by atoms with Crippen LogP contribution in [0.3, 0.4) is 0 Å². The van der Waals surface area contributed by atoms with Gasteiger partial charge < -0.3 is 14.2 Å². The Labute approximate surface area is 204 Å². The number of hydrogen-bond donors (Lipinski definition) is 0. The molecule has 3 amide bonds. The van der Waals surface area contributed by atoms with Gasteiger partial charge in [0.05, 0.1) is 24.3 Å². The maximum absolute atomic E-state index is 13.5. The van der Waals surface area contributed by atoms with Crippen molar-refractivity contribution in [2.45, 2.75) is 83.7 Å². The summed E-state index contributed by atoms with van der Waals surface area (Å²) < 4.78 is 16.0. The molecule has 2 aliphatic heterocycles. The van der Waals surface area contributed by atoms with Gasteiger partial charge in [-0.3, -0.25) is 19.4 Å². The minimum Gasteiger partial charge on any atom is -0.467 e. The molecule has 0 aromatic heterocycles. The van der Waals surface area contributed by atoms with Gasteiger partial charge in [-0.2, -0.15) is 0 Å². The van der Waals surface area contributed by atoms with Crippen LogP contribution in [0.15, 0.2) is 24.3 Å². The quantitative estimate of drug-likeness (QED) is 0.360. The van der Waals surface area contributed by atoms with Gasteiger partial charge in [0.15, 0.2) is 6.04 Å². The van der Waals surface area contributed by atoms with Crippen LogP contribution in [-0.4, -0.2) is 76.1 Å². The van der Waals surface area contributed by atoms with Gasteiger partial charge in [-0.15, -0.1) is 0 Å². The summed E-state index contributed by atoms with van der Waals surface area (Å²) >= 11 is 0. The van der Waals surface area contributed by atoms with E-state index in [1.165, 1.54) is 19.2 Å². The molecule has 0 saturated carbocycles. The van der Waals surface area contributed by atoms with Crippen molar-refractivity contribution in [3.05, 3.63) is 35.4 Å². The zero-order chi connectivity index (χ0) is 26.3. The molecule has 10 heteroatoms. The van der Waals surface area contributed by atoms with Crippen LogP contribution in [0.2, 0.25) is 0 Å². The molecule has 35 heavy (non-hydrogen) atoms. The van der Waals surface area contributed by atoms with Gasteiger partial charge in [-0.25, -0.2) is 14.4 Å². The average Bonchev–Trinajstić information content (AvgIpc) is 3.27. The summed E-state index contributed by atoms with van der Waals surface area (Å²) in [5.74, 6) is -2.90. The zero-order valence-corrected chi connectivity index (χ0v) is 21.1. The van der Waals surface area contributed by atoms with E-state index in [0.717, 1.165) is 9.80 Å². The van der Waals surface area contributed by atoms with Crippen LogP contribution in [0.25, 0.3) is 0 Å². The van der Waals surface area contributed by atoms with E-state index in [9.17, 15) is 24.0 Å². The molecule has 3 rings (SSSR count). The van der Waals surface area contributed by atoms with Crippen molar-refractivity contribution < 1.29 is 38.2 Å². The van der Waals surface area contributed by atoms with Gasteiger partial charge in [0, 0.05) is 0 Å². The lowest BCUT2D eigenvalue weighted by atomic mass is 10.0. The number of likely N-dealkylation sites (tertiary alicyclic amines) is 1. The Kier molecular flexibility index (Phi) is 6.97. The Morgan fingerprint density at radius 3 is 1.86 bits per heavy atom. The maximum Gasteiger partial charge on any atom is 0.411 e. The second kappa shape index (κ2) is 9.31. The van der Waals surface area contributed by atoms with E-state index in [1.54, 1.807) is 53.7 Å². The molecule has 0 spiro atoms. The molecule has 1 aromatic carbocycles. The monoisotopic (exact) mass is 488 g/mol. The Morgan fingerprint density at radius 1 is 0.886 bits per heavy atom. The molecule has 2 aliphatic rings. The summed E-state index contributed by atoms with van der Waals surface area (Å²) in [5.41, 5.74) is -1.54. The molecule has 1 saturated heterocycles. The van der Waals surface area contributed by atoms with E-state index in [1.807, 2.05) is 0 Å². The van der Waals surface area contributed by atoms with E-state index in [2.05, 4.69) is 0 Å². The van der Waals surface area contributed by atoms with E-state index in [-0.39, 0.29) is 24.0 Å². The molecule has 0 radical (unpaired) electrons. The first-order valence-electron chi connectivity index (χ1n) is 11.4. The number of amides is 3. The summed E-state index contributed by atoms with van der Waals surface area (Å²) in [6, 6.07) is 2.62. The predicted molar refractivity (Wildman–Crippen MR) is 123 cm³/mol. The third-order valence-electron chi connectivity index (χ3n) is 5.62. The van der Waals surface area contributed by atoms with Crippen LogP contribution < -0.4 is 0 Å². The number of ether oxygens (including phenoxy) is 3. The fourth-order valence-corrected chi connectivity index (χ4v) is 4.35. The molecule has 190 valence electrons. The molecule has 0 bridgehead atoms. The summed E-state index contributed by atoms with van der Waals surface area (Å²) in [5, 5.41) is 0. The third-order valence-corrected chi connectivity index (χ3v) is 5.62. The van der Waals surface area contributed by atoms with Crippen molar-refractivity contribution in [1.82, 2.24) is 9.80 Å². The van der Waals surface area contributed by atoms with E-state index in [4.69, 9.17) is 14.2 Å². The number of methoxy groups -OCH3 is 1. The van der Waals surface area contributed by atoms with Crippen molar-refractivity contribution in [2.75, 3.05) is 7.11 Å². The van der Waals surface area contributed by atoms with Crippen molar-refractivity contribution in [2.24, 2.45) is 0 Å². The van der Waals surface area contributed by atoms with Crippen LogP contribution in [0.1, 0.15) is 75.1 Å². The van der Waals surface area contributed by atoms with Crippen LogP contribution >= 0.6 is 0 Å². The Hall–Kier alpha value is -3.43. The van der Waals surface area contributed by atoms with Gasteiger partial charge in [-0.1, -0.05) is 12.1 Å². The molecular weight excluding hydrogens is 456 g/mol. The summed E-state index contributed by atoms with van der Waals surface area (Å²) in [7, 11) is 1.19. The average molecular weight is 489 g/mol. The Morgan fingerprint density at radius 2 is 1.40 bits per heavy atom. The molecule has 0 aliphatic carbocycles. The fraction of sp³-hybridized carbons (Fsp3) is 0.560. The van der Waals surface area contributed by atoms with Gasteiger partial charge >= 0.3 is 18.0 Å². The number of hydrogen-bond acceptors (Lipinski definition) is 8. The molecule has 1 fully saturated rings. The van der Waals surface area contributed by atoms with Gasteiger partial charge in [0.2, 0.25) is 0 Å². The lowest BCUT2D eigenvalue weighted by molar-refractivity contribution is -0.162. The maximum atomic E-state index is 13.5. The number of esters is 2. The first-order chi connectivity index (χ1) is 16.2. The van der Waals surface area contributed by atoms with Crippen LogP contribution in [0.5, 0.6) is 0 Å². The standard InChI is InChI=1S/C25H32N2O8/c1-24(2,3)34-22(31)18(27-19(28)14-10-8-9-11-15(14)20(27)29)16-12-13-17(21(30)33-7)26(16)23(32)35-25(4,5)6/h8-11,16-18H,12-13H2,1-7H3/t16-,17+,18+/m0/s1. The van der Waals surface area contributed by atoms with E-state index >= 15 is 0 Å². The number of carbonyl (C=O) groups excluding carboxylic acids is 5. The number of imide groups is 1. The normalized spacial score (nSPS) is 21.0.